The third kappa shape index (κ3) is 4.02. The van der Waals surface area contributed by atoms with Crippen LogP contribution in [-0.2, 0) is 11.3 Å². The van der Waals surface area contributed by atoms with Gasteiger partial charge in [0, 0.05) is 60.4 Å². The Balaban J connectivity index is 1.28. The van der Waals surface area contributed by atoms with E-state index in [0.29, 0.717) is 35.9 Å². The van der Waals surface area contributed by atoms with Crippen LogP contribution in [0.4, 0.5) is 8.78 Å². The van der Waals surface area contributed by atoms with E-state index in [2.05, 4.69) is 15.0 Å². The number of rotatable bonds is 6. The fourth-order valence-corrected chi connectivity index (χ4v) is 4.85. The van der Waals surface area contributed by atoms with Gasteiger partial charge >= 0.3 is 6.61 Å². The van der Waals surface area contributed by atoms with Gasteiger partial charge in [0.25, 0.3) is 0 Å². The number of pyridine rings is 1. The monoisotopic (exact) mass is 486 g/mol. The van der Waals surface area contributed by atoms with Gasteiger partial charge in [-0.05, 0) is 29.3 Å². The van der Waals surface area contributed by atoms with Crippen LogP contribution in [-0.4, -0.2) is 38.9 Å². The number of nitrogens with zero attached hydrogens (tertiary/aromatic N) is 4. The second-order valence-electron chi connectivity index (χ2n) is 8.68. The van der Waals surface area contributed by atoms with E-state index in [-0.39, 0.29) is 23.2 Å². The van der Waals surface area contributed by atoms with Crippen LogP contribution in [0.2, 0.25) is 0 Å². The average Bonchev–Trinajstić information content (AvgIpc) is 3.46. The summed E-state index contributed by atoms with van der Waals surface area (Å²) < 4.78 is 36.6. The van der Waals surface area contributed by atoms with Crippen LogP contribution in [0.25, 0.3) is 33.2 Å². The van der Waals surface area contributed by atoms with Crippen LogP contribution in [0, 0.1) is 0 Å². The Morgan fingerprint density at radius 2 is 1.89 bits per heavy atom. The van der Waals surface area contributed by atoms with Gasteiger partial charge < -0.3 is 14.1 Å². The summed E-state index contributed by atoms with van der Waals surface area (Å²) in [7, 11) is 0. The Bertz CT molecular complexity index is 1550. The van der Waals surface area contributed by atoms with E-state index in [9.17, 15) is 13.6 Å². The van der Waals surface area contributed by atoms with Crippen molar-refractivity contribution in [1.82, 2.24) is 19.9 Å². The topological polar surface area (TPSA) is 81.4 Å². The number of benzene rings is 2. The third-order valence-corrected chi connectivity index (χ3v) is 6.49. The lowest BCUT2D eigenvalue weighted by Gasteiger charge is -2.18. The number of ether oxygens (including phenoxy) is 1. The van der Waals surface area contributed by atoms with Crippen molar-refractivity contribution in [2.75, 3.05) is 6.54 Å². The van der Waals surface area contributed by atoms with Crippen LogP contribution in [0.3, 0.4) is 0 Å². The maximum absolute atomic E-state index is 13.0. The van der Waals surface area contributed by atoms with E-state index in [1.165, 1.54) is 12.4 Å². The molecule has 1 fully saturated rings. The second-order valence-corrected chi connectivity index (χ2v) is 8.68. The van der Waals surface area contributed by atoms with Crippen molar-refractivity contribution >= 4 is 27.8 Å². The molecule has 0 bridgehead atoms. The molecule has 0 aliphatic carbocycles. The summed E-state index contributed by atoms with van der Waals surface area (Å²) >= 11 is 0. The van der Waals surface area contributed by atoms with Gasteiger partial charge in [0.2, 0.25) is 5.91 Å². The first-order valence-electron chi connectivity index (χ1n) is 11.4. The minimum atomic E-state index is -2.98. The third-order valence-electron chi connectivity index (χ3n) is 6.49. The molecule has 1 aliphatic rings. The maximum atomic E-state index is 13.0. The van der Waals surface area contributed by atoms with Gasteiger partial charge in [-0.3, -0.25) is 9.78 Å². The largest absolute Gasteiger partial charge is 0.452 e. The van der Waals surface area contributed by atoms with Crippen molar-refractivity contribution in [3.05, 3.63) is 84.6 Å². The number of likely N-dealkylation sites (tertiary alicyclic amines) is 1. The highest BCUT2D eigenvalue weighted by Gasteiger charge is 2.33. The number of alkyl halides is 2. The highest BCUT2D eigenvalue weighted by atomic mass is 19.3. The summed E-state index contributed by atoms with van der Waals surface area (Å²) in [5.74, 6) is -0.126. The number of aromatic nitrogens is 3. The normalized spacial score (nSPS) is 15.9. The van der Waals surface area contributed by atoms with E-state index >= 15 is 0 Å². The van der Waals surface area contributed by atoms with Gasteiger partial charge in [-0.25, -0.2) is 9.97 Å². The van der Waals surface area contributed by atoms with Gasteiger partial charge in [0.05, 0.1) is 5.69 Å². The summed E-state index contributed by atoms with van der Waals surface area (Å²) in [5.41, 5.74) is 4.43. The molecule has 9 heteroatoms. The molecular weight excluding hydrogens is 466 g/mol. The lowest BCUT2D eigenvalue weighted by Crippen LogP contribution is -2.24. The predicted molar refractivity (Wildman–Crippen MR) is 128 cm³/mol. The first-order chi connectivity index (χ1) is 17.6. The first-order valence-corrected chi connectivity index (χ1v) is 11.4. The summed E-state index contributed by atoms with van der Waals surface area (Å²) in [6.45, 7) is -2.00. The molecule has 1 amide bonds. The van der Waals surface area contributed by atoms with Crippen molar-refractivity contribution < 1.29 is 22.7 Å². The van der Waals surface area contributed by atoms with Crippen molar-refractivity contribution in [2.24, 2.45) is 0 Å². The van der Waals surface area contributed by atoms with Gasteiger partial charge in [-0.1, -0.05) is 30.3 Å². The predicted octanol–water partition coefficient (Wildman–Crippen LogP) is 5.56. The molecule has 1 atom stereocenters. The van der Waals surface area contributed by atoms with E-state index in [0.717, 1.165) is 22.4 Å². The molecule has 36 heavy (non-hydrogen) atoms. The molecule has 1 aliphatic heterocycles. The molecule has 180 valence electrons. The molecule has 4 heterocycles. The number of carbonyl (C=O) groups excluding carboxylic acids is 1. The second kappa shape index (κ2) is 8.99. The molecule has 0 radical (unpaired) electrons. The van der Waals surface area contributed by atoms with Crippen LogP contribution in [0.15, 0.2) is 77.9 Å². The standard InChI is InChI=1S/C27H20F2N4O3/c28-27(29)36-23-6-5-19(25-20-12-30-10-8-22(20)35-26(23)25)18-11-24(34)33(14-18)13-16-1-3-17(4-2-16)21-7-9-31-15-32-21/h1-10,12,15,18,27H,11,13-14H2. The minimum absolute atomic E-state index is 0.0341. The number of carbonyl (C=O) groups is 1. The fraction of sp³-hybridized carbons (Fsp3) is 0.185. The van der Waals surface area contributed by atoms with Gasteiger partial charge in [-0.15, -0.1) is 0 Å². The summed E-state index contributed by atoms with van der Waals surface area (Å²) in [6, 6.07) is 14.7. The Labute approximate surface area is 204 Å². The van der Waals surface area contributed by atoms with E-state index < -0.39 is 6.61 Å². The lowest BCUT2D eigenvalue weighted by atomic mass is 9.93. The molecule has 0 spiro atoms. The highest BCUT2D eigenvalue weighted by Crippen LogP contribution is 2.42. The molecule has 2 aromatic carbocycles. The zero-order valence-corrected chi connectivity index (χ0v) is 19.0. The molecule has 1 saturated heterocycles. The highest BCUT2D eigenvalue weighted by molar-refractivity contribution is 6.08. The number of amides is 1. The maximum Gasteiger partial charge on any atom is 0.387 e. The van der Waals surface area contributed by atoms with E-state index in [4.69, 9.17) is 9.15 Å². The molecule has 5 aromatic rings. The zero-order chi connectivity index (χ0) is 24.6. The molecule has 7 nitrogen and oxygen atoms in total. The molecular formula is C27H20F2N4O3. The number of hydrogen-bond donors (Lipinski definition) is 0. The molecule has 3 aromatic heterocycles. The first kappa shape index (κ1) is 22.1. The Morgan fingerprint density at radius 1 is 1.06 bits per heavy atom. The quantitative estimate of drug-likeness (QED) is 0.313. The molecule has 1 unspecified atom stereocenters. The van der Waals surface area contributed by atoms with Gasteiger partial charge in [-0.2, -0.15) is 8.78 Å². The van der Waals surface area contributed by atoms with Gasteiger partial charge in [0.15, 0.2) is 11.3 Å². The number of fused-ring (bicyclic) bond motifs is 3. The van der Waals surface area contributed by atoms with Gasteiger partial charge in [0.1, 0.15) is 11.9 Å². The van der Waals surface area contributed by atoms with E-state index in [1.807, 2.05) is 35.2 Å². The van der Waals surface area contributed by atoms with E-state index in [1.54, 1.807) is 30.7 Å². The Morgan fingerprint density at radius 3 is 2.67 bits per heavy atom. The lowest BCUT2D eigenvalue weighted by molar-refractivity contribution is -0.128. The van der Waals surface area contributed by atoms with Crippen LogP contribution in [0.5, 0.6) is 5.75 Å². The zero-order valence-electron chi connectivity index (χ0n) is 19.0. The molecule has 0 N–H and O–H groups in total. The molecule has 0 saturated carbocycles. The fourth-order valence-electron chi connectivity index (χ4n) is 4.85. The Kier molecular flexibility index (Phi) is 5.52. The van der Waals surface area contributed by atoms with Crippen molar-refractivity contribution in [3.63, 3.8) is 0 Å². The van der Waals surface area contributed by atoms with Crippen molar-refractivity contribution in [2.45, 2.75) is 25.5 Å². The average molecular weight is 486 g/mol. The number of halogens is 2. The summed E-state index contributed by atoms with van der Waals surface area (Å²) in [6.07, 6.45) is 6.74. The van der Waals surface area contributed by atoms with Crippen molar-refractivity contribution in [3.8, 4) is 17.0 Å². The summed E-state index contributed by atoms with van der Waals surface area (Å²) in [4.78, 5) is 27.1. The SMILES string of the molecule is O=C1CC(c2ccc(OC(F)F)c3oc4ccncc4c23)CN1Cc1ccc(-c2ccncn2)cc1. The summed E-state index contributed by atoms with van der Waals surface area (Å²) in [5, 5.41) is 1.36. The smallest absolute Gasteiger partial charge is 0.387 e. The number of hydrogen-bond acceptors (Lipinski definition) is 6. The minimum Gasteiger partial charge on any atom is -0.452 e. The van der Waals surface area contributed by atoms with Crippen LogP contribution >= 0.6 is 0 Å². The van der Waals surface area contributed by atoms with Crippen molar-refractivity contribution in [1.29, 1.82) is 0 Å². The van der Waals surface area contributed by atoms with Crippen LogP contribution in [0.1, 0.15) is 23.5 Å². The Hall–Kier alpha value is -4.40. The molecule has 6 rings (SSSR count). The van der Waals surface area contributed by atoms with Crippen LogP contribution < -0.4 is 4.74 Å². The number of furan rings is 1.